The van der Waals surface area contributed by atoms with Crippen molar-refractivity contribution < 1.29 is 53.4 Å². The highest BCUT2D eigenvalue weighted by Gasteiger charge is 2.69. The Morgan fingerprint density at radius 3 is 2.00 bits per heavy atom. The minimum atomic E-state index is -6.21. The summed E-state index contributed by atoms with van der Waals surface area (Å²) in [6, 6.07) is 0. The fourth-order valence-corrected chi connectivity index (χ4v) is 3.47. The van der Waals surface area contributed by atoms with Crippen molar-refractivity contribution in [3.8, 4) is 0 Å². The van der Waals surface area contributed by atoms with Gasteiger partial charge in [0.15, 0.2) is 5.41 Å². The number of alkyl halides is 10. The Hall–Kier alpha value is -1.49. The Kier molecular flexibility index (Phi) is 5.28. The molecule has 1 fully saturated rings. The average Bonchev–Trinajstić information content (AvgIpc) is 3.04. The topological polar surface area (TPSA) is 26.3 Å². The van der Waals surface area contributed by atoms with E-state index in [1.165, 1.54) is 12.2 Å². The maximum absolute atomic E-state index is 13.4. The first-order valence-electron chi connectivity index (χ1n) is 7.76. The number of carbonyl (C=O) groups is 1. The van der Waals surface area contributed by atoms with Crippen molar-refractivity contribution in [3.05, 3.63) is 12.2 Å². The molecule has 1 saturated carbocycles. The maximum Gasteiger partial charge on any atom is 0.453 e. The molecule has 0 N–H and O–H groups in total. The van der Waals surface area contributed by atoms with Crippen LogP contribution in [0.1, 0.15) is 25.7 Å². The molecule has 0 saturated heterocycles. The number of allylic oxidation sites excluding steroid dienone is 2. The van der Waals surface area contributed by atoms with E-state index < -0.39 is 73.3 Å². The van der Waals surface area contributed by atoms with E-state index in [-0.39, 0.29) is 6.42 Å². The van der Waals surface area contributed by atoms with Crippen LogP contribution >= 0.6 is 0 Å². The molecule has 0 spiro atoms. The zero-order valence-electron chi connectivity index (χ0n) is 13.4. The highest BCUT2D eigenvalue weighted by molar-refractivity contribution is 5.79. The van der Waals surface area contributed by atoms with E-state index in [1.54, 1.807) is 0 Å². The molecule has 0 heterocycles. The lowest BCUT2D eigenvalue weighted by Crippen LogP contribution is -2.49. The fraction of sp³-hybridized carbons (Fsp3) is 0.800. The molecule has 2 nitrogen and oxygen atoms in total. The summed E-state index contributed by atoms with van der Waals surface area (Å²) in [7, 11) is 0. The van der Waals surface area contributed by atoms with Crippen molar-refractivity contribution in [2.45, 2.75) is 49.9 Å². The molecule has 2 bridgehead atoms. The van der Waals surface area contributed by atoms with E-state index in [9.17, 15) is 48.7 Å². The van der Waals surface area contributed by atoms with Crippen molar-refractivity contribution in [3.63, 3.8) is 0 Å². The molecule has 2 rings (SSSR count). The molecule has 0 aromatic rings. The first-order valence-corrected chi connectivity index (χ1v) is 7.76. The lowest BCUT2D eigenvalue weighted by atomic mass is 9.75. The van der Waals surface area contributed by atoms with Crippen LogP contribution in [-0.4, -0.2) is 36.8 Å². The second-order valence-electron chi connectivity index (χ2n) is 6.78. The molecule has 156 valence electrons. The third-order valence-corrected chi connectivity index (χ3v) is 4.86. The first kappa shape index (κ1) is 21.8. The molecule has 3 atom stereocenters. The number of carbonyl (C=O) groups excluding carboxylic acids is 1. The average molecular weight is 416 g/mol. The lowest BCUT2D eigenvalue weighted by molar-refractivity contribution is -0.301. The van der Waals surface area contributed by atoms with Gasteiger partial charge in [0.1, 0.15) is 0 Å². The number of esters is 1. The molecule has 3 unspecified atom stereocenters. The normalized spacial score (nSPS) is 28.7. The number of halogens is 10. The van der Waals surface area contributed by atoms with E-state index in [1.807, 2.05) is 0 Å². The van der Waals surface area contributed by atoms with Gasteiger partial charge < -0.3 is 4.74 Å². The molecular weight excluding hydrogens is 402 g/mol. The molecule has 0 radical (unpaired) electrons. The molecule has 27 heavy (non-hydrogen) atoms. The van der Waals surface area contributed by atoms with Gasteiger partial charge in [-0.15, -0.1) is 0 Å². The minimum absolute atomic E-state index is 0.0303. The largest absolute Gasteiger partial charge is 0.465 e. The van der Waals surface area contributed by atoms with Crippen molar-refractivity contribution in [2.24, 2.45) is 17.3 Å². The highest BCUT2D eigenvalue weighted by Crippen LogP contribution is 2.60. The number of hydrogen-bond acceptors (Lipinski definition) is 2. The summed E-state index contributed by atoms with van der Waals surface area (Å²) in [4.78, 5) is 12.0. The van der Waals surface area contributed by atoms with Crippen LogP contribution in [0.3, 0.4) is 0 Å². The van der Waals surface area contributed by atoms with Gasteiger partial charge in [-0.2, -0.15) is 35.1 Å². The molecule has 0 aliphatic heterocycles. The van der Waals surface area contributed by atoms with Crippen LogP contribution in [0.15, 0.2) is 12.2 Å². The van der Waals surface area contributed by atoms with Gasteiger partial charge in [-0.3, -0.25) is 4.79 Å². The minimum Gasteiger partial charge on any atom is -0.465 e. The van der Waals surface area contributed by atoms with Gasteiger partial charge in [-0.05, 0) is 18.8 Å². The van der Waals surface area contributed by atoms with E-state index in [2.05, 4.69) is 4.74 Å². The van der Waals surface area contributed by atoms with Crippen LogP contribution in [-0.2, 0) is 9.53 Å². The highest BCUT2D eigenvalue weighted by atomic mass is 19.4. The van der Waals surface area contributed by atoms with E-state index >= 15 is 0 Å². The van der Waals surface area contributed by atoms with E-state index in [4.69, 9.17) is 0 Å². The van der Waals surface area contributed by atoms with Crippen molar-refractivity contribution >= 4 is 5.97 Å². The number of hydrogen-bond donors (Lipinski definition) is 0. The second-order valence-corrected chi connectivity index (χ2v) is 6.78. The molecule has 2 aliphatic carbocycles. The molecule has 0 amide bonds. The zero-order chi connectivity index (χ0) is 20.9. The summed E-state index contributed by atoms with van der Waals surface area (Å²) in [6.07, 6.45) is -13.8. The van der Waals surface area contributed by atoms with Gasteiger partial charge in [-0.25, -0.2) is 8.78 Å². The first-order chi connectivity index (χ1) is 12.0. The standard InChI is InChI=1S/C15H14F10O2/c16-11(17,7-13(18,19)15(23,24)25)3-4-27-10(26)12(14(20,21)22)6-8-1-2-9(12)5-8/h1-2,8-9H,3-7H2. The van der Waals surface area contributed by atoms with E-state index in [0.29, 0.717) is 0 Å². The van der Waals surface area contributed by atoms with Gasteiger partial charge in [0.2, 0.25) is 0 Å². The predicted molar refractivity (Wildman–Crippen MR) is 70.0 cm³/mol. The van der Waals surface area contributed by atoms with Crippen LogP contribution in [0.4, 0.5) is 43.9 Å². The third kappa shape index (κ3) is 4.03. The van der Waals surface area contributed by atoms with Crippen molar-refractivity contribution in [2.75, 3.05) is 6.61 Å². The maximum atomic E-state index is 13.4. The summed E-state index contributed by atoms with van der Waals surface area (Å²) in [5.74, 6) is -13.9. The van der Waals surface area contributed by atoms with Gasteiger partial charge in [0.25, 0.3) is 5.92 Å². The van der Waals surface area contributed by atoms with Gasteiger partial charge in [0, 0.05) is 12.3 Å². The Labute approximate surface area is 146 Å². The summed E-state index contributed by atoms with van der Waals surface area (Å²) in [5.41, 5.74) is -2.92. The summed E-state index contributed by atoms with van der Waals surface area (Å²) < 4.78 is 133. The zero-order valence-corrected chi connectivity index (χ0v) is 13.4. The summed E-state index contributed by atoms with van der Waals surface area (Å²) in [6.45, 7) is -1.42. The second kappa shape index (κ2) is 6.54. The summed E-state index contributed by atoms with van der Waals surface area (Å²) in [5, 5.41) is 0. The Bertz CT molecular complexity index is 607. The third-order valence-electron chi connectivity index (χ3n) is 4.86. The van der Waals surface area contributed by atoms with Gasteiger partial charge in [-0.1, -0.05) is 12.2 Å². The number of fused-ring (bicyclic) bond motifs is 2. The Morgan fingerprint density at radius 2 is 1.59 bits per heavy atom. The molecule has 0 aromatic carbocycles. The lowest BCUT2D eigenvalue weighted by Gasteiger charge is -2.35. The Morgan fingerprint density at radius 1 is 1.00 bits per heavy atom. The molecular formula is C15H14F10O2. The molecule has 0 aromatic heterocycles. The van der Waals surface area contributed by atoms with Crippen LogP contribution < -0.4 is 0 Å². The fourth-order valence-electron chi connectivity index (χ4n) is 3.47. The molecule has 2 aliphatic rings. The quantitative estimate of drug-likeness (QED) is 0.334. The monoisotopic (exact) mass is 416 g/mol. The van der Waals surface area contributed by atoms with Crippen LogP contribution in [0.25, 0.3) is 0 Å². The number of ether oxygens (including phenoxy) is 1. The van der Waals surface area contributed by atoms with Crippen molar-refractivity contribution in [1.29, 1.82) is 0 Å². The van der Waals surface area contributed by atoms with Gasteiger partial charge in [0.05, 0.1) is 13.0 Å². The van der Waals surface area contributed by atoms with Gasteiger partial charge >= 0.3 is 24.2 Å². The Balaban J connectivity index is 2.00. The van der Waals surface area contributed by atoms with Crippen molar-refractivity contribution in [1.82, 2.24) is 0 Å². The summed E-state index contributed by atoms with van der Waals surface area (Å²) >= 11 is 0. The van der Waals surface area contributed by atoms with Crippen LogP contribution in [0.5, 0.6) is 0 Å². The predicted octanol–water partition coefficient (Wildman–Crippen LogP) is 5.29. The van der Waals surface area contributed by atoms with Crippen LogP contribution in [0, 0.1) is 17.3 Å². The SMILES string of the molecule is O=C(OCCC(F)(F)CC(F)(F)C(F)(F)F)C1(C(F)(F)F)CC2C=CC1C2. The smallest absolute Gasteiger partial charge is 0.453 e. The van der Waals surface area contributed by atoms with Crippen LogP contribution in [0.2, 0.25) is 0 Å². The molecule has 12 heteroatoms. The number of rotatable bonds is 6. The van der Waals surface area contributed by atoms with E-state index in [0.717, 1.165) is 0 Å².